The lowest BCUT2D eigenvalue weighted by molar-refractivity contribution is -0.0575. The van der Waals surface area contributed by atoms with Gasteiger partial charge in [0.1, 0.15) is 0 Å². The van der Waals surface area contributed by atoms with Gasteiger partial charge in [-0.2, -0.15) is 0 Å². The first-order valence-electron chi connectivity index (χ1n) is 6.97. The van der Waals surface area contributed by atoms with Crippen LogP contribution in [0.2, 0.25) is 0 Å². The van der Waals surface area contributed by atoms with Crippen LogP contribution in [-0.4, -0.2) is 23.9 Å². The molecule has 0 aromatic carbocycles. The van der Waals surface area contributed by atoms with Crippen LogP contribution in [0.4, 0.5) is 0 Å². The van der Waals surface area contributed by atoms with E-state index in [-0.39, 0.29) is 12.2 Å². The van der Waals surface area contributed by atoms with Crippen molar-refractivity contribution in [2.75, 3.05) is 6.61 Å². The van der Waals surface area contributed by atoms with Crippen LogP contribution in [0.25, 0.3) is 0 Å². The van der Waals surface area contributed by atoms with E-state index in [0.717, 1.165) is 38.7 Å². The van der Waals surface area contributed by atoms with Gasteiger partial charge in [-0.3, -0.25) is 0 Å². The third-order valence-electron chi connectivity index (χ3n) is 3.37. The summed E-state index contributed by atoms with van der Waals surface area (Å²) in [5.41, 5.74) is 1.34. The fourth-order valence-corrected chi connectivity index (χ4v) is 2.19. The molecular formula is C16H26O2. The lowest BCUT2D eigenvalue weighted by Gasteiger charge is -2.27. The third-order valence-corrected chi connectivity index (χ3v) is 3.37. The average Bonchev–Trinajstić information content (AvgIpc) is 2.37. The summed E-state index contributed by atoms with van der Waals surface area (Å²) >= 11 is 0. The maximum absolute atomic E-state index is 9.78. The quantitative estimate of drug-likeness (QED) is 0.550. The van der Waals surface area contributed by atoms with Crippen LogP contribution >= 0.6 is 0 Å². The molecule has 2 heteroatoms. The van der Waals surface area contributed by atoms with Crippen molar-refractivity contribution in [1.82, 2.24) is 0 Å². The van der Waals surface area contributed by atoms with Crippen molar-refractivity contribution in [3.05, 3.63) is 36.5 Å². The molecular weight excluding hydrogens is 224 g/mol. The normalized spacial score (nSPS) is 25.6. The predicted octanol–water partition coefficient (Wildman–Crippen LogP) is 3.78. The van der Waals surface area contributed by atoms with Gasteiger partial charge in [-0.05, 0) is 32.6 Å². The first-order valence-corrected chi connectivity index (χ1v) is 6.97. The van der Waals surface area contributed by atoms with Gasteiger partial charge in [0.2, 0.25) is 0 Å². The molecule has 1 aliphatic rings. The van der Waals surface area contributed by atoms with Gasteiger partial charge in [0.25, 0.3) is 0 Å². The lowest BCUT2D eigenvalue weighted by Crippen LogP contribution is -2.32. The Kier molecular flexibility index (Phi) is 7.70. The van der Waals surface area contributed by atoms with Gasteiger partial charge in [-0.25, -0.2) is 0 Å². The van der Waals surface area contributed by atoms with Gasteiger partial charge in [0.15, 0.2) is 0 Å². The Morgan fingerprint density at radius 3 is 2.89 bits per heavy atom. The second-order valence-corrected chi connectivity index (χ2v) is 4.96. The molecule has 1 fully saturated rings. The molecule has 1 saturated carbocycles. The van der Waals surface area contributed by atoms with Gasteiger partial charge < -0.3 is 9.84 Å². The highest BCUT2D eigenvalue weighted by atomic mass is 16.5. The molecule has 0 unspecified atom stereocenters. The molecule has 0 amide bonds. The Balaban J connectivity index is 2.15. The van der Waals surface area contributed by atoms with Crippen LogP contribution in [0.3, 0.4) is 0 Å². The maximum Gasteiger partial charge on any atom is 0.0834 e. The number of hydrogen-bond acceptors (Lipinski definition) is 2. The second-order valence-electron chi connectivity index (χ2n) is 4.96. The summed E-state index contributed by atoms with van der Waals surface area (Å²) in [6, 6.07) is 0. The lowest BCUT2D eigenvalue weighted by atomic mass is 9.95. The van der Waals surface area contributed by atoms with Gasteiger partial charge in [0.05, 0.1) is 18.8 Å². The van der Waals surface area contributed by atoms with Crippen molar-refractivity contribution in [2.45, 2.75) is 57.7 Å². The molecule has 1 aliphatic carbocycles. The SMILES string of the molecule is C=CC=CC/C=C(\C)CCO[C@@H]1CCCC[C@@H]1O. The second kappa shape index (κ2) is 9.12. The fraction of sp³-hybridized carbons (Fsp3) is 0.625. The molecule has 2 atom stereocenters. The van der Waals surface area contributed by atoms with E-state index in [0.29, 0.717) is 0 Å². The standard InChI is InChI=1S/C16H26O2/c1-3-4-5-6-9-14(2)12-13-18-16-11-8-7-10-15(16)17/h3-5,9,15-17H,1,6-8,10-13H2,2H3/b5-4?,14-9+/t15-,16+/m0/s1. The number of rotatable bonds is 7. The van der Waals surface area contributed by atoms with Crippen LogP contribution in [0.5, 0.6) is 0 Å². The van der Waals surface area contributed by atoms with Crippen LogP contribution in [0, 0.1) is 0 Å². The minimum absolute atomic E-state index is 0.0622. The maximum atomic E-state index is 9.78. The van der Waals surface area contributed by atoms with Gasteiger partial charge in [0, 0.05) is 0 Å². The van der Waals surface area contributed by atoms with Gasteiger partial charge in [-0.15, -0.1) is 0 Å². The monoisotopic (exact) mass is 250 g/mol. The molecule has 1 N–H and O–H groups in total. The van der Waals surface area contributed by atoms with Crippen molar-refractivity contribution >= 4 is 0 Å². The zero-order valence-electron chi connectivity index (χ0n) is 11.5. The smallest absolute Gasteiger partial charge is 0.0834 e. The van der Waals surface area contributed by atoms with E-state index < -0.39 is 0 Å². The minimum Gasteiger partial charge on any atom is -0.390 e. The highest BCUT2D eigenvalue weighted by molar-refractivity contribution is 5.05. The molecule has 0 spiro atoms. The minimum atomic E-state index is -0.251. The molecule has 18 heavy (non-hydrogen) atoms. The van der Waals surface area contributed by atoms with E-state index in [4.69, 9.17) is 4.74 Å². The molecule has 0 aliphatic heterocycles. The zero-order valence-corrected chi connectivity index (χ0v) is 11.5. The molecule has 0 saturated heterocycles. The van der Waals surface area contributed by atoms with E-state index in [1.54, 1.807) is 6.08 Å². The van der Waals surface area contributed by atoms with Crippen molar-refractivity contribution in [3.8, 4) is 0 Å². The molecule has 0 bridgehead atoms. The first kappa shape index (κ1) is 15.2. The summed E-state index contributed by atoms with van der Waals surface area (Å²) in [6.45, 7) is 6.48. The summed E-state index contributed by atoms with van der Waals surface area (Å²) in [5.74, 6) is 0. The largest absolute Gasteiger partial charge is 0.390 e. The van der Waals surface area contributed by atoms with Crippen molar-refractivity contribution in [1.29, 1.82) is 0 Å². The first-order chi connectivity index (χ1) is 8.74. The summed E-state index contributed by atoms with van der Waals surface area (Å²) in [5, 5.41) is 9.78. The molecule has 1 rings (SSSR count). The van der Waals surface area contributed by atoms with E-state index in [1.807, 2.05) is 6.08 Å². The summed E-state index contributed by atoms with van der Waals surface area (Å²) in [6.07, 6.45) is 14.0. The Bertz CT molecular complexity index is 291. The Morgan fingerprint density at radius 2 is 2.17 bits per heavy atom. The van der Waals surface area contributed by atoms with Crippen LogP contribution in [0.1, 0.15) is 45.4 Å². The Hall–Kier alpha value is -0.860. The van der Waals surface area contributed by atoms with Gasteiger partial charge in [-0.1, -0.05) is 49.3 Å². The molecule has 2 nitrogen and oxygen atoms in total. The van der Waals surface area contributed by atoms with Crippen molar-refractivity contribution < 1.29 is 9.84 Å². The van der Waals surface area contributed by atoms with Crippen LogP contribution < -0.4 is 0 Å². The topological polar surface area (TPSA) is 29.5 Å². The van der Waals surface area contributed by atoms with E-state index in [2.05, 4.69) is 25.7 Å². The summed E-state index contributed by atoms with van der Waals surface area (Å²) < 4.78 is 5.77. The highest BCUT2D eigenvalue weighted by Gasteiger charge is 2.23. The van der Waals surface area contributed by atoms with Crippen molar-refractivity contribution in [2.24, 2.45) is 0 Å². The summed E-state index contributed by atoms with van der Waals surface area (Å²) in [4.78, 5) is 0. The molecule has 0 radical (unpaired) electrons. The molecule has 0 heterocycles. The summed E-state index contributed by atoms with van der Waals surface area (Å²) in [7, 11) is 0. The molecule has 102 valence electrons. The van der Waals surface area contributed by atoms with E-state index in [9.17, 15) is 5.11 Å². The third kappa shape index (κ3) is 6.18. The number of aliphatic hydroxyl groups is 1. The number of hydrogen-bond donors (Lipinski definition) is 1. The van der Waals surface area contributed by atoms with E-state index in [1.165, 1.54) is 12.0 Å². The van der Waals surface area contributed by atoms with E-state index >= 15 is 0 Å². The fourth-order valence-electron chi connectivity index (χ4n) is 2.19. The van der Waals surface area contributed by atoms with Crippen LogP contribution in [-0.2, 0) is 4.74 Å². The highest BCUT2D eigenvalue weighted by Crippen LogP contribution is 2.21. The molecule has 0 aromatic rings. The molecule has 0 aromatic heterocycles. The average molecular weight is 250 g/mol. The van der Waals surface area contributed by atoms with Gasteiger partial charge >= 0.3 is 0 Å². The zero-order chi connectivity index (χ0) is 13.2. The number of ether oxygens (including phenoxy) is 1. The number of aliphatic hydroxyl groups excluding tert-OH is 1. The van der Waals surface area contributed by atoms with Crippen LogP contribution in [0.15, 0.2) is 36.5 Å². The number of allylic oxidation sites excluding steroid dienone is 4. The van der Waals surface area contributed by atoms with Crippen molar-refractivity contribution in [3.63, 3.8) is 0 Å². The Labute approximate surface area is 111 Å². The predicted molar refractivity (Wildman–Crippen MR) is 76.5 cm³/mol. The Morgan fingerprint density at radius 1 is 1.39 bits per heavy atom.